The highest BCUT2D eigenvalue weighted by Crippen LogP contribution is 2.18. The van der Waals surface area contributed by atoms with Gasteiger partial charge in [0.15, 0.2) is 6.10 Å². The maximum absolute atomic E-state index is 12.9. The molecule has 0 radical (unpaired) electrons. The number of rotatable bonds is 65. The van der Waals surface area contributed by atoms with Gasteiger partial charge in [-0.15, -0.1) is 0 Å². The normalized spacial score (nSPS) is 12.2. The van der Waals surface area contributed by atoms with Crippen molar-refractivity contribution in [2.75, 3.05) is 13.2 Å². The largest absolute Gasteiger partial charge is 0.462 e. The van der Waals surface area contributed by atoms with Gasteiger partial charge in [0.25, 0.3) is 0 Å². The molecule has 0 aliphatic heterocycles. The molecule has 0 saturated carbocycles. The quantitative estimate of drug-likeness (QED) is 0.0261. The molecular weight excluding hydrogens is 961 g/mol. The summed E-state index contributed by atoms with van der Waals surface area (Å²) >= 11 is 0. The van der Waals surface area contributed by atoms with Crippen molar-refractivity contribution in [3.63, 3.8) is 0 Å². The highest BCUT2D eigenvalue weighted by molar-refractivity contribution is 5.71. The first-order chi connectivity index (χ1) is 38.5. The van der Waals surface area contributed by atoms with Crippen LogP contribution in [0.1, 0.15) is 387 Å². The van der Waals surface area contributed by atoms with E-state index in [9.17, 15) is 14.4 Å². The molecule has 1 atom stereocenters. The first-order valence-corrected chi connectivity index (χ1v) is 35.0. The minimum Gasteiger partial charge on any atom is -0.462 e. The molecule has 0 aliphatic rings. The third-order valence-electron chi connectivity index (χ3n) is 15.9. The number of hydrogen-bond acceptors (Lipinski definition) is 6. The number of allylic oxidation sites excluding steroid dienone is 6. The van der Waals surface area contributed by atoms with Gasteiger partial charge >= 0.3 is 17.9 Å². The van der Waals surface area contributed by atoms with Crippen molar-refractivity contribution < 1.29 is 28.6 Å². The smallest absolute Gasteiger partial charge is 0.306 e. The Morgan fingerprint density at radius 3 is 0.731 bits per heavy atom. The van der Waals surface area contributed by atoms with Gasteiger partial charge in [-0.1, -0.05) is 327 Å². The van der Waals surface area contributed by atoms with E-state index in [0.29, 0.717) is 19.3 Å². The number of carbonyl (C=O) groups excluding carboxylic acids is 3. The van der Waals surface area contributed by atoms with E-state index in [1.807, 2.05) is 0 Å². The molecule has 78 heavy (non-hydrogen) atoms. The summed E-state index contributed by atoms with van der Waals surface area (Å²) in [5.74, 6) is -0.852. The molecule has 1 unspecified atom stereocenters. The molecule has 6 heteroatoms. The number of carbonyl (C=O) groups is 3. The Hall–Kier alpha value is -2.37. The highest BCUT2D eigenvalue weighted by Gasteiger charge is 2.19. The van der Waals surface area contributed by atoms with Crippen LogP contribution >= 0.6 is 0 Å². The van der Waals surface area contributed by atoms with E-state index in [1.165, 1.54) is 276 Å². The van der Waals surface area contributed by atoms with E-state index in [-0.39, 0.29) is 31.1 Å². The van der Waals surface area contributed by atoms with Crippen molar-refractivity contribution in [1.29, 1.82) is 0 Å². The Labute approximate surface area is 486 Å². The zero-order valence-electron chi connectivity index (χ0n) is 52.7. The standard InChI is InChI=1S/C72H134O6/c1-4-7-10-13-16-19-22-25-28-31-34-35-36-37-39-41-44-47-50-53-56-59-62-65-71(74)77-68-69(67-76-70(73)64-61-58-55-52-49-46-43-40-33-30-27-24-21-18-15-12-9-6-3)78-72(75)66-63-60-57-54-51-48-45-42-38-32-29-26-23-20-17-14-11-8-5-2/h21,24,26,29-30,33,69H,4-20,22-23,25,27-28,31-32,34-68H2,1-3H3/b24-21-,29-26-,33-30-. The van der Waals surface area contributed by atoms with Gasteiger partial charge in [0.1, 0.15) is 13.2 Å². The lowest BCUT2D eigenvalue weighted by molar-refractivity contribution is -0.167. The average molecular weight is 1100 g/mol. The fourth-order valence-corrected chi connectivity index (χ4v) is 10.6. The number of esters is 3. The zero-order valence-corrected chi connectivity index (χ0v) is 52.7. The fourth-order valence-electron chi connectivity index (χ4n) is 10.6. The summed E-state index contributed by atoms with van der Waals surface area (Å²) in [6, 6.07) is 0. The van der Waals surface area contributed by atoms with E-state index >= 15 is 0 Å². The van der Waals surface area contributed by atoms with Crippen LogP contribution in [0.25, 0.3) is 0 Å². The van der Waals surface area contributed by atoms with Crippen molar-refractivity contribution in [1.82, 2.24) is 0 Å². The van der Waals surface area contributed by atoms with Crippen LogP contribution in [0.2, 0.25) is 0 Å². The van der Waals surface area contributed by atoms with Crippen LogP contribution in [0.5, 0.6) is 0 Å². The molecule has 0 aliphatic carbocycles. The van der Waals surface area contributed by atoms with Crippen molar-refractivity contribution >= 4 is 17.9 Å². The van der Waals surface area contributed by atoms with Gasteiger partial charge in [0, 0.05) is 19.3 Å². The van der Waals surface area contributed by atoms with E-state index in [4.69, 9.17) is 14.2 Å². The minimum atomic E-state index is -0.776. The molecule has 0 heterocycles. The molecule has 0 fully saturated rings. The summed E-state index contributed by atoms with van der Waals surface area (Å²) in [4.78, 5) is 38.5. The van der Waals surface area contributed by atoms with Crippen LogP contribution in [0, 0.1) is 0 Å². The molecule has 0 spiro atoms. The number of hydrogen-bond donors (Lipinski definition) is 0. The average Bonchev–Trinajstić information content (AvgIpc) is 3.44. The molecule has 0 bridgehead atoms. The second-order valence-electron chi connectivity index (χ2n) is 23.8. The Bertz CT molecular complexity index is 1300. The van der Waals surface area contributed by atoms with Crippen LogP contribution in [-0.4, -0.2) is 37.2 Å². The first kappa shape index (κ1) is 75.6. The third-order valence-corrected chi connectivity index (χ3v) is 15.9. The third kappa shape index (κ3) is 64.5. The summed E-state index contributed by atoms with van der Waals surface area (Å²) in [5.41, 5.74) is 0. The maximum Gasteiger partial charge on any atom is 0.306 e. The fraction of sp³-hybridized carbons (Fsp3) is 0.875. The lowest BCUT2D eigenvalue weighted by Crippen LogP contribution is -2.30. The van der Waals surface area contributed by atoms with E-state index in [1.54, 1.807) is 0 Å². The van der Waals surface area contributed by atoms with Crippen LogP contribution in [0.3, 0.4) is 0 Å². The number of unbranched alkanes of at least 4 members (excludes halogenated alkanes) is 48. The second-order valence-corrected chi connectivity index (χ2v) is 23.8. The molecule has 0 aromatic carbocycles. The molecule has 458 valence electrons. The van der Waals surface area contributed by atoms with Crippen LogP contribution in [-0.2, 0) is 28.6 Å². The van der Waals surface area contributed by atoms with Gasteiger partial charge in [-0.2, -0.15) is 0 Å². The Morgan fingerprint density at radius 1 is 0.256 bits per heavy atom. The SMILES string of the molecule is CCCCCC/C=C\C/C=C\CCCCCCCCCC(=O)OCC(COC(=O)CCCCCCCCCCCCCCCCCCCCCCCCC)OC(=O)CCCCCCCCCCC/C=C\CCCCCCCC. The van der Waals surface area contributed by atoms with Gasteiger partial charge in [0.05, 0.1) is 0 Å². The summed E-state index contributed by atoms with van der Waals surface area (Å²) in [7, 11) is 0. The van der Waals surface area contributed by atoms with Gasteiger partial charge < -0.3 is 14.2 Å². The van der Waals surface area contributed by atoms with Gasteiger partial charge in [-0.3, -0.25) is 14.4 Å². The molecule has 0 amide bonds. The Morgan fingerprint density at radius 2 is 0.462 bits per heavy atom. The second kappa shape index (κ2) is 67.1. The highest BCUT2D eigenvalue weighted by atomic mass is 16.6. The lowest BCUT2D eigenvalue weighted by Gasteiger charge is -2.18. The zero-order chi connectivity index (χ0) is 56.4. The molecule has 0 saturated heterocycles. The van der Waals surface area contributed by atoms with Crippen LogP contribution in [0.4, 0.5) is 0 Å². The summed E-state index contributed by atoms with van der Waals surface area (Å²) in [6.07, 6.45) is 83.0. The van der Waals surface area contributed by atoms with Gasteiger partial charge in [-0.25, -0.2) is 0 Å². The van der Waals surface area contributed by atoms with Crippen molar-refractivity contribution in [3.05, 3.63) is 36.5 Å². The maximum atomic E-state index is 12.9. The minimum absolute atomic E-state index is 0.0707. The molecule has 6 nitrogen and oxygen atoms in total. The first-order valence-electron chi connectivity index (χ1n) is 35.0. The van der Waals surface area contributed by atoms with Crippen LogP contribution in [0.15, 0.2) is 36.5 Å². The molecule has 0 N–H and O–H groups in total. The van der Waals surface area contributed by atoms with Crippen molar-refractivity contribution in [2.45, 2.75) is 393 Å². The molecular formula is C72H134O6. The predicted octanol–water partition coefficient (Wildman–Crippen LogP) is 23.9. The van der Waals surface area contributed by atoms with Crippen LogP contribution < -0.4 is 0 Å². The van der Waals surface area contributed by atoms with E-state index < -0.39 is 6.10 Å². The summed E-state index contributed by atoms with van der Waals surface area (Å²) in [5, 5.41) is 0. The summed E-state index contributed by atoms with van der Waals surface area (Å²) < 4.78 is 17.0. The Balaban J connectivity index is 4.31. The van der Waals surface area contributed by atoms with Crippen molar-refractivity contribution in [2.24, 2.45) is 0 Å². The van der Waals surface area contributed by atoms with E-state index in [2.05, 4.69) is 57.2 Å². The Kier molecular flexibility index (Phi) is 65.1. The molecule has 0 aromatic rings. The lowest BCUT2D eigenvalue weighted by atomic mass is 10.0. The van der Waals surface area contributed by atoms with E-state index in [0.717, 1.165) is 70.6 Å². The molecule has 0 rings (SSSR count). The van der Waals surface area contributed by atoms with Gasteiger partial charge in [-0.05, 0) is 77.0 Å². The van der Waals surface area contributed by atoms with Gasteiger partial charge in [0.2, 0.25) is 0 Å². The number of ether oxygens (including phenoxy) is 3. The summed E-state index contributed by atoms with van der Waals surface area (Å²) in [6.45, 7) is 6.69. The monoisotopic (exact) mass is 1100 g/mol. The topological polar surface area (TPSA) is 78.9 Å². The van der Waals surface area contributed by atoms with Crippen molar-refractivity contribution in [3.8, 4) is 0 Å². The molecule has 0 aromatic heterocycles. The predicted molar refractivity (Wildman–Crippen MR) is 339 cm³/mol.